The number of nitrogens with two attached hydrogens (primary N) is 1. The van der Waals surface area contributed by atoms with Crippen molar-refractivity contribution in [2.45, 2.75) is 20.0 Å². The molecule has 1 heterocycles. The summed E-state index contributed by atoms with van der Waals surface area (Å²) in [5.74, 6) is -0.0734. The van der Waals surface area contributed by atoms with Crippen LogP contribution in [0.4, 0.5) is 5.82 Å². The largest absolute Gasteiger partial charge is 0.494 e. The van der Waals surface area contributed by atoms with E-state index >= 15 is 0 Å². The Kier molecular flexibility index (Phi) is 4.32. The Hall–Kier alpha value is -2.28. The number of nitrogen functional groups attached to an aromatic ring is 1. The molecule has 0 aliphatic rings. The van der Waals surface area contributed by atoms with Crippen LogP contribution in [-0.2, 0) is 4.74 Å². The molecule has 0 spiro atoms. The van der Waals surface area contributed by atoms with Crippen molar-refractivity contribution in [3.63, 3.8) is 0 Å². The van der Waals surface area contributed by atoms with Crippen LogP contribution < -0.4 is 10.5 Å². The number of carbonyl (C=O) groups is 1. The molecule has 2 aromatic rings. The van der Waals surface area contributed by atoms with Crippen molar-refractivity contribution in [2.24, 2.45) is 0 Å². The van der Waals surface area contributed by atoms with E-state index in [1.165, 1.54) is 11.8 Å². The van der Waals surface area contributed by atoms with Gasteiger partial charge in [-0.05, 0) is 32.0 Å². The third kappa shape index (κ3) is 3.08. The van der Waals surface area contributed by atoms with E-state index in [0.717, 1.165) is 0 Å². The molecule has 0 aliphatic heterocycles. The van der Waals surface area contributed by atoms with E-state index in [2.05, 4.69) is 10.3 Å². The Balaban J connectivity index is 2.45. The first-order chi connectivity index (χ1) is 9.93. The van der Waals surface area contributed by atoms with E-state index in [1.54, 1.807) is 32.0 Å². The maximum Gasteiger partial charge on any atom is 0.363 e. The Morgan fingerprint density at radius 3 is 2.76 bits per heavy atom. The number of hydrogen-bond acceptors (Lipinski definition) is 6. The van der Waals surface area contributed by atoms with E-state index in [0.29, 0.717) is 16.5 Å². The lowest BCUT2D eigenvalue weighted by molar-refractivity contribution is 0.0372. The predicted molar refractivity (Wildman–Crippen MR) is 77.9 cm³/mol. The molecular weight excluding hydrogens is 296 g/mol. The second-order valence-electron chi connectivity index (χ2n) is 4.51. The number of ether oxygens (including phenoxy) is 2. The molecule has 0 bridgehead atoms. The van der Waals surface area contributed by atoms with Gasteiger partial charge in [-0.2, -0.15) is 4.68 Å². The van der Waals surface area contributed by atoms with Crippen LogP contribution in [0.3, 0.4) is 0 Å². The van der Waals surface area contributed by atoms with Crippen LogP contribution >= 0.6 is 11.6 Å². The lowest BCUT2D eigenvalue weighted by Crippen LogP contribution is -2.14. The smallest absolute Gasteiger partial charge is 0.363 e. The summed E-state index contributed by atoms with van der Waals surface area (Å²) in [6, 6.07) is 4.96. The number of benzene rings is 1. The summed E-state index contributed by atoms with van der Waals surface area (Å²) >= 11 is 5.96. The van der Waals surface area contributed by atoms with Gasteiger partial charge in [0.2, 0.25) is 5.69 Å². The molecule has 0 amide bonds. The van der Waals surface area contributed by atoms with Crippen LogP contribution in [0.5, 0.6) is 5.75 Å². The molecule has 0 saturated carbocycles. The van der Waals surface area contributed by atoms with Gasteiger partial charge in [0.25, 0.3) is 0 Å². The van der Waals surface area contributed by atoms with E-state index in [9.17, 15) is 4.79 Å². The minimum atomic E-state index is -0.630. The van der Waals surface area contributed by atoms with Crippen molar-refractivity contribution < 1.29 is 14.3 Å². The summed E-state index contributed by atoms with van der Waals surface area (Å²) in [4.78, 5) is 11.9. The Labute approximate surface area is 126 Å². The summed E-state index contributed by atoms with van der Waals surface area (Å²) in [6.07, 6.45) is -0.275. The minimum absolute atomic E-state index is 0.0503. The third-order valence-corrected chi connectivity index (χ3v) is 2.85. The molecule has 2 rings (SSSR count). The van der Waals surface area contributed by atoms with Gasteiger partial charge in [0.1, 0.15) is 11.4 Å². The van der Waals surface area contributed by atoms with Crippen molar-refractivity contribution in [1.29, 1.82) is 0 Å². The molecular formula is C13H15ClN4O3. The molecule has 0 aliphatic carbocycles. The summed E-state index contributed by atoms with van der Waals surface area (Å²) < 4.78 is 11.6. The number of anilines is 1. The average Bonchev–Trinajstić information content (AvgIpc) is 2.79. The number of carbonyl (C=O) groups excluding carboxylic acids is 1. The van der Waals surface area contributed by atoms with Crippen LogP contribution in [0.1, 0.15) is 24.3 Å². The van der Waals surface area contributed by atoms with E-state index in [1.807, 2.05) is 0 Å². The van der Waals surface area contributed by atoms with Gasteiger partial charge in [0.15, 0.2) is 5.82 Å². The predicted octanol–water partition coefficient (Wildman–Crippen LogP) is 2.08. The zero-order valence-electron chi connectivity index (χ0n) is 11.8. The first-order valence-electron chi connectivity index (χ1n) is 6.20. The fourth-order valence-corrected chi connectivity index (χ4v) is 1.88. The van der Waals surface area contributed by atoms with Crippen LogP contribution in [0.15, 0.2) is 18.2 Å². The molecule has 0 unspecified atom stereocenters. The third-order valence-electron chi connectivity index (χ3n) is 2.61. The van der Waals surface area contributed by atoms with Crippen LogP contribution in [-0.4, -0.2) is 34.2 Å². The Morgan fingerprint density at radius 1 is 1.43 bits per heavy atom. The molecule has 112 valence electrons. The van der Waals surface area contributed by atoms with Gasteiger partial charge >= 0.3 is 5.97 Å². The molecule has 0 atom stereocenters. The number of aromatic nitrogens is 3. The highest BCUT2D eigenvalue weighted by Gasteiger charge is 2.22. The molecule has 1 aromatic carbocycles. The number of rotatable bonds is 4. The monoisotopic (exact) mass is 310 g/mol. The minimum Gasteiger partial charge on any atom is -0.494 e. The number of nitrogens with zero attached hydrogens (tertiary/aromatic N) is 3. The quantitative estimate of drug-likeness (QED) is 0.869. The van der Waals surface area contributed by atoms with Crippen LogP contribution in [0.25, 0.3) is 5.69 Å². The first kappa shape index (κ1) is 15.1. The number of esters is 1. The van der Waals surface area contributed by atoms with Crippen molar-refractivity contribution in [3.05, 3.63) is 28.9 Å². The Morgan fingerprint density at radius 2 is 2.14 bits per heavy atom. The number of methoxy groups -OCH3 is 1. The zero-order valence-corrected chi connectivity index (χ0v) is 12.6. The van der Waals surface area contributed by atoms with Gasteiger partial charge < -0.3 is 15.2 Å². The highest BCUT2D eigenvalue weighted by atomic mass is 35.5. The number of hydrogen-bond donors (Lipinski definition) is 1. The maximum absolute atomic E-state index is 11.9. The van der Waals surface area contributed by atoms with Crippen molar-refractivity contribution in [2.75, 3.05) is 12.8 Å². The summed E-state index contributed by atoms with van der Waals surface area (Å²) in [5.41, 5.74) is 6.36. The van der Waals surface area contributed by atoms with Crippen LogP contribution in [0, 0.1) is 0 Å². The topological polar surface area (TPSA) is 92.3 Å². The summed E-state index contributed by atoms with van der Waals surface area (Å²) in [6.45, 7) is 3.47. The molecule has 1 aromatic heterocycles. The van der Waals surface area contributed by atoms with E-state index in [-0.39, 0.29) is 17.6 Å². The lowest BCUT2D eigenvalue weighted by atomic mass is 10.3. The van der Waals surface area contributed by atoms with Gasteiger partial charge in [-0.3, -0.25) is 0 Å². The van der Waals surface area contributed by atoms with Crippen molar-refractivity contribution in [3.8, 4) is 11.4 Å². The number of halogens is 1. The van der Waals surface area contributed by atoms with Crippen molar-refractivity contribution >= 4 is 23.4 Å². The van der Waals surface area contributed by atoms with Crippen LogP contribution in [0.2, 0.25) is 5.02 Å². The molecule has 7 nitrogen and oxygen atoms in total. The van der Waals surface area contributed by atoms with Crippen molar-refractivity contribution in [1.82, 2.24) is 15.0 Å². The molecule has 21 heavy (non-hydrogen) atoms. The molecule has 0 radical (unpaired) electrons. The van der Waals surface area contributed by atoms with E-state index < -0.39 is 5.97 Å². The first-order valence-corrected chi connectivity index (χ1v) is 6.58. The van der Waals surface area contributed by atoms with Gasteiger partial charge in [-0.25, -0.2) is 4.79 Å². The Bertz CT molecular complexity index is 669. The second-order valence-corrected chi connectivity index (χ2v) is 4.94. The molecule has 0 saturated heterocycles. The van der Waals surface area contributed by atoms with Gasteiger partial charge in [0.05, 0.1) is 13.2 Å². The normalized spacial score (nSPS) is 10.7. The van der Waals surface area contributed by atoms with Gasteiger partial charge in [-0.1, -0.05) is 16.8 Å². The molecule has 2 N–H and O–H groups in total. The fourth-order valence-electron chi connectivity index (χ4n) is 1.71. The maximum atomic E-state index is 11.9. The van der Waals surface area contributed by atoms with Gasteiger partial charge in [0, 0.05) is 5.02 Å². The molecule has 0 fully saturated rings. The second kappa shape index (κ2) is 6.01. The lowest BCUT2D eigenvalue weighted by Gasteiger charge is -2.10. The summed E-state index contributed by atoms with van der Waals surface area (Å²) in [5, 5.41) is 8.11. The van der Waals surface area contributed by atoms with E-state index in [4.69, 9.17) is 26.8 Å². The summed E-state index contributed by atoms with van der Waals surface area (Å²) in [7, 11) is 1.51. The zero-order chi connectivity index (χ0) is 15.6. The highest BCUT2D eigenvalue weighted by Crippen LogP contribution is 2.28. The van der Waals surface area contributed by atoms with Gasteiger partial charge in [-0.15, -0.1) is 5.10 Å². The standard InChI is InChI=1S/C13H15ClN4O3/c1-7(2)21-13(19)11-12(15)18(17-16-11)9-6-8(14)4-5-10(9)20-3/h4-7H,15H2,1-3H3. The SMILES string of the molecule is COc1ccc(Cl)cc1-n1nnc(C(=O)OC(C)C)c1N. The molecule has 8 heteroatoms. The highest BCUT2D eigenvalue weighted by molar-refractivity contribution is 6.30. The fraction of sp³-hybridized carbons (Fsp3) is 0.308. The average molecular weight is 311 g/mol.